The van der Waals surface area contributed by atoms with Crippen LogP contribution in [-0.2, 0) is 9.36 Å². The predicted molar refractivity (Wildman–Crippen MR) is 113 cm³/mol. The molecule has 0 saturated heterocycles. The molecule has 2 heterocycles. The number of aromatic nitrogens is 2. The van der Waals surface area contributed by atoms with Gasteiger partial charge >= 0.3 is 8.60 Å². The van der Waals surface area contributed by atoms with E-state index in [1.54, 1.807) is 41.2 Å². The summed E-state index contributed by atoms with van der Waals surface area (Å²) in [5, 5.41) is 3.71. The van der Waals surface area contributed by atoms with Gasteiger partial charge < -0.3 is 24.0 Å². The number of anilines is 2. The van der Waals surface area contributed by atoms with E-state index in [2.05, 4.69) is 36.2 Å². The average molecular weight is 524 g/mol. The molecular formula is C16H14BrCl2N4O5P. The number of nitrogens with one attached hydrogen (secondary N) is 2. The minimum atomic E-state index is -2.48. The van der Waals surface area contributed by atoms with Crippen molar-refractivity contribution in [2.45, 2.75) is 0 Å². The fraction of sp³-hybridized carbons (Fsp3) is 0.125. The van der Waals surface area contributed by atoms with Crippen molar-refractivity contribution in [2.75, 3.05) is 18.5 Å². The second kappa shape index (κ2) is 10.0. The highest BCUT2D eigenvalue weighted by molar-refractivity contribution is 9.10. The molecule has 0 atom stereocenters. The van der Waals surface area contributed by atoms with Crippen LogP contribution < -0.4 is 10.8 Å². The molecule has 0 aliphatic rings. The number of rotatable bonds is 8. The summed E-state index contributed by atoms with van der Waals surface area (Å²) in [5.41, 5.74) is 3.71. The van der Waals surface area contributed by atoms with Gasteiger partial charge in [-0.3, -0.25) is 9.63 Å². The van der Waals surface area contributed by atoms with E-state index in [1.807, 2.05) is 0 Å². The minimum absolute atomic E-state index is 0.0892. The molecule has 13 heteroatoms. The van der Waals surface area contributed by atoms with Gasteiger partial charge in [-0.2, -0.15) is 0 Å². The quantitative estimate of drug-likeness (QED) is 0.200. The molecule has 3 rings (SSSR count). The molecule has 2 aromatic heterocycles. The summed E-state index contributed by atoms with van der Waals surface area (Å²) in [5.74, 6) is -0.589. The lowest BCUT2D eigenvalue weighted by Crippen LogP contribution is -2.26. The van der Waals surface area contributed by atoms with Gasteiger partial charge in [0.2, 0.25) is 0 Å². The Bertz CT molecular complexity index is 1040. The zero-order valence-electron chi connectivity index (χ0n) is 14.5. The summed E-state index contributed by atoms with van der Waals surface area (Å²) in [6.45, 7) is -0.200. The SMILES string of the molecule is O=C(NOCCOP(O)O)c1cn2ccnc2c(Cl)c1Nc1ccc(Br)cc1Cl. The van der Waals surface area contributed by atoms with Gasteiger partial charge in [0.05, 0.1) is 35.2 Å². The normalized spacial score (nSPS) is 11.2. The largest absolute Gasteiger partial charge is 0.352 e. The van der Waals surface area contributed by atoms with Crippen LogP contribution in [0, 0.1) is 0 Å². The summed E-state index contributed by atoms with van der Waals surface area (Å²) >= 11 is 16.1. The number of fused-ring (bicyclic) bond motifs is 1. The highest BCUT2D eigenvalue weighted by Crippen LogP contribution is 2.35. The van der Waals surface area contributed by atoms with Gasteiger partial charge in [-0.05, 0) is 18.2 Å². The number of halogens is 3. The van der Waals surface area contributed by atoms with Crippen molar-refractivity contribution in [3.8, 4) is 0 Å². The molecule has 29 heavy (non-hydrogen) atoms. The molecule has 0 bridgehead atoms. The number of pyridine rings is 1. The molecule has 0 fully saturated rings. The van der Waals surface area contributed by atoms with E-state index in [9.17, 15) is 4.79 Å². The van der Waals surface area contributed by atoms with Crippen LogP contribution in [-0.4, -0.2) is 38.3 Å². The fourth-order valence-corrected chi connectivity index (χ4v) is 3.63. The summed E-state index contributed by atoms with van der Waals surface area (Å²) < 4.78 is 6.95. The third-order valence-electron chi connectivity index (χ3n) is 3.61. The Labute approximate surface area is 184 Å². The number of nitrogens with zero attached hydrogens (tertiary/aromatic N) is 2. The second-order valence-electron chi connectivity index (χ2n) is 5.50. The van der Waals surface area contributed by atoms with Gasteiger partial charge in [0.1, 0.15) is 5.02 Å². The number of carbonyl (C=O) groups excluding carboxylic acids is 1. The predicted octanol–water partition coefficient (Wildman–Crippen LogP) is 4.04. The Balaban J connectivity index is 1.87. The van der Waals surface area contributed by atoms with Crippen molar-refractivity contribution >= 4 is 70.7 Å². The van der Waals surface area contributed by atoms with Crippen LogP contribution >= 0.6 is 47.7 Å². The first-order valence-electron chi connectivity index (χ1n) is 7.97. The highest BCUT2D eigenvalue weighted by atomic mass is 79.9. The van der Waals surface area contributed by atoms with E-state index in [-0.39, 0.29) is 23.8 Å². The summed E-state index contributed by atoms with van der Waals surface area (Å²) in [7, 11) is -2.48. The van der Waals surface area contributed by atoms with Crippen molar-refractivity contribution in [2.24, 2.45) is 0 Å². The Morgan fingerprint density at radius 3 is 2.83 bits per heavy atom. The molecule has 0 aliphatic heterocycles. The van der Waals surface area contributed by atoms with E-state index < -0.39 is 14.5 Å². The van der Waals surface area contributed by atoms with Crippen LogP contribution in [0.2, 0.25) is 10.0 Å². The monoisotopic (exact) mass is 522 g/mol. The summed E-state index contributed by atoms with van der Waals surface area (Å²) in [6.07, 6.45) is 4.74. The molecule has 1 aromatic carbocycles. The Hall–Kier alpha value is -1.49. The zero-order valence-corrected chi connectivity index (χ0v) is 18.5. The van der Waals surface area contributed by atoms with E-state index in [0.29, 0.717) is 22.0 Å². The number of hydroxylamine groups is 1. The third-order valence-corrected chi connectivity index (χ3v) is 5.19. The molecule has 0 aliphatic carbocycles. The van der Waals surface area contributed by atoms with Crippen molar-refractivity contribution in [3.05, 3.63) is 56.9 Å². The van der Waals surface area contributed by atoms with Gasteiger partial charge in [0.15, 0.2) is 5.65 Å². The van der Waals surface area contributed by atoms with Crippen LogP contribution in [0.3, 0.4) is 0 Å². The zero-order chi connectivity index (χ0) is 21.0. The first-order valence-corrected chi connectivity index (χ1v) is 10.7. The number of hydrogen-bond donors (Lipinski definition) is 4. The van der Waals surface area contributed by atoms with Crippen LogP contribution in [0.5, 0.6) is 0 Å². The van der Waals surface area contributed by atoms with Crippen LogP contribution in [0.25, 0.3) is 5.65 Å². The summed E-state index contributed by atoms with van der Waals surface area (Å²) in [4.78, 5) is 39.2. The molecule has 154 valence electrons. The molecule has 9 nitrogen and oxygen atoms in total. The number of hydrogen-bond acceptors (Lipinski definition) is 7. The van der Waals surface area contributed by atoms with E-state index >= 15 is 0 Å². The highest BCUT2D eigenvalue weighted by Gasteiger charge is 2.20. The molecular weight excluding hydrogens is 510 g/mol. The van der Waals surface area contributed by atoms with Gasteiger partial charge in [0, 0.05) is 23.1 Å². The third kappa shape index (κ3) is 5.56. The molecule has 0 spiro atoms. The van der Waals surface area contributed by atoms with Crippen LogP contribution in [0.15, 0.2) is 41.3 Å². The maximum Gasteiger partial charge on any atom is 0.327 e. The number of imidazole rings is 1. The van der Waals surface area contributed by atoms with E-state index in [0.717, 1.165) is 4.47 Å². The van der Waals surface area contributed by atoms with Crippen molar-refractivity contribution in [1.29, 1.82) is 0 Å². The van der Waals surface area contributed by atoms with Gasteiger partial charge in [-0.1, -0.05) is 39.1 Å². The van der Waals surface area contributed by atoms with Crippen molar-refractivity contribution in [1.82, 2.24) is 14.9 Å². The molecule has 0 unspecified atom stereocenters. The topological polar surface area (TPSA) is 117 Å². The minimum Gasteiger partial charge on any atom is -0.352 e. The lowest BCUT2D eigenvalue weighted by molar-refractivity contribution is 0.0188. The fourth-order valence-electron chi connectivity index (χ4n) is 2.37. The Kier molecular flexibility index (Phi) is 7.66. The first kappa shape index (κ1) is 22.2. The maximum atomic E-state index is 12.7. The number of carbonyl (C=O) groups is 1. The standard InChI is InChI=1S/C16H14BrCl2N4O5P/c17-9-1-2-12(11(18)7-9)21-14-10(8-23-4-3-20-15(23)13(14)19)16(24)22-27-5-6-28-29(25)26/h1-4,7-8,21,25-26H,5-6H2,(H,22,24). The van der Waals surface area contributed by atoms with Gasteiger partial charge in [0.25, 0.3) is 5.91 Å². The van der Waals surface area contributed by atoms with Crippen LogP contribution in [0.4, 0.5) is 11.4 Å². The molecule has 0 radical (unpaired) electrons. The average Bonchev–Trinajstić information content (AvgIpc) is 3.14. The second-order valence-corrected chi connectivity index (χ2v) is 7.97. The smallest absolute Gasteiger partial charge is 0.327 e. The molecule has 1 amide bonds. The van der Waals surface area contributed by atoms with Gasteiger partial charge in [-0.25, -0.2) is 10.5 Å². The Morgan fingerprint density at radius 1 is 1.31 bits per heavy atom. The van der Waals surface area contributed by atoms with Crippen LogP contribution in [0.1, 0.15) is 10.4 Å². The molecule has 4 N–H and O–H groups in total. The van der Waals surface area contributed by atoms with E-state index in [1.165, 1.54) is 0 Å². The summed E-state index contributed by atoms with van der Waals surface area (Å²) in [6, 6.07) is 5.22. The first-order chi connectivity index (χ1) is 13.9. The van der Waals surface area contributed by atoms with Crippen molar-refractivity contribution in [3.63, 3.8) is 0 Å². The Morgan fingerprint density at radius 2 is 2.10 bits per heavy atom. The lowest BCUT2D eigenvalue weighted by atomic mass is 10.2. The lowest BCUT2D eigenvalue weighted by Gasteiger charge is -2.16. The number of amides is 1. The van der Waals surface area contributed by atoms with Gasteiger partial charge in [-0.15, -0.1) is 0 Å². The van der Waals surface area contributed by atoms with E-state index in [4.69, 9.17) is 37.8 Å². The van der Waals surface area contributed by atoms with Crippen molar-refractivity contribution < 1.29 is 23.9 Å². The maximum absolute atomic E-state index is 12.7. The molecule has 0 saturated carbocycles. The number of benzene rings is 1. The molecule has 3 aromatic rings.